The predicted molar refractivity (Wildman–Crippen MR) is 68.6 cm³/mol. The van der Waals surface area contributed by atoms with Gasteiger partial charge in [0.05, 0.1) is 12.7 Å². The normalized spacial score (nSPS) is 16.7. The van der Waals surface area contributed by atoms with Crippen LogP contribution in [0.25, 0.3) is 0 Å². The van der Waals surface area contributed by atoms with E-state index in [1.54, 1.807) is 0 Å². The third-order valence-electron chi connectivity index (χ3n) is 3.39. The van der Waals surface area contributed by atoms with E-state index in [-0.39, 0.29) is 5.04 Å². The monoisotopic (exact) mass is 230 g/mol. The van der Waals surface area contributed by atoms with Crippen LogP contribution in [0.3, 0.4) is 0 Å². The largest absolute Gasteiger partial charge is 0.414 e. The summed E-state index contributed by atoms with van der Waals surface area (Å²) in [7, 11) is -1.71. The summed E-state index contributed by atoms with van der Waals surface area (Å²) in [6.07, 6.45) is 1.48. The Morgan fingerprint density at radius 3 is 2.20 bits per heavy atom. The van der Waals surface area contributed by atoms with Gasteiger partial charge in [-0.15, -0.1) is 0 Å². The van der Waals surface area contributed by atoms with Crippen molar-refractivity contribution in [3.05, 3.63) is 11.6 Å². The smallest absolute Gasteiger partial charge is 0.192 e. The molecule has 0 amide bonds. The molecule has 3 heteroatoms. The third-order valence-corrected chi connectivity index (χ3v) is 7.89. The van der Waals surface area contributed by atoms with Crippen LogP contribution in [0.5, 0.6) is 0 Å². The van der Waals surface area contributed by atoms with Crippen LogP contribution >= 0.6 is 0 Å². The molecule has 0 aliphatic rings. The van der Waals surface area contributed by atoms with Gasteiger partial charge in [0.2, 0.25) is 0 Å². The molecule has 0 heterocycles. The summed E-state index contributed by atoms with van der Waals surface area (Å²) in [5.41, 5.74) is 0.980. The molecule has 0 rings (SSSR count). The van der Waals surface area contributed by atoms with Gasteiger partial charge in [0, 0.05) is 0 Å². The topological polar surface area (TPSA) is 29.5 Å². The Kier molecular flexibility index (Phi) is 5.24. The van der Waals surface area contributed by atoms with Gasteiger partial charge in [-0.3, -0.25) is 0 Å². The van der Waals surface area contributed by atoms with Crippen molar-refractivity contribution >= 4 is 8.32 Å². The van der Waals surface area contributed by atoms with Gasteiger partial charge in [-0.05, 0) is 37.6 Å². The second-order valence-corrected chi connectivity index (χ2v) is 10.4. The molecule has 0 saturated heterocycles. The van der Waals surface area contributed by atoms with Crippen molar-refractivity contribution in [2.45, 2.75) is 58.9 Å². The second kappa shape index (κ2) is 5.28. The lowest BCUT2D eigenvalue weighted by Gasteiger charge is -2.36. The Hall–Kier alpha value is -0.123. The Morgan fingerprint density at radius 1 is 1.40 bits per heavy atom. The molecule has 1 atom stereocenters. The molecule has 90 valence electrons. The Balaban J connectivity index is 4.28. The van der Waals surface area contributed by atoms with E-state index in [0.29, 0.717) is 6.61 Å². The fourth-order valence-electron chi connectivity index (χ4n) is 0.828. The fourth-order valence-corrected chi connectivity index (χ4v) is 1.84. The highest BCUT2D eigenvalue weighted by Crippen LogP contribution is 2.36. The molecule has 0 aliphatic carbocycles. The molecule has 0 aliphatic heterocycles. The van der Waals surface area contributed by atoms with Crippen molar-refractivity contribution < 1.29 is 9.53 Å². The van der Waals surface area contributed by atoms with Crippen molar-refractivity contribution in [3.63, 3.8) is 0 Å². The summed E-state index contributed by atoms with van der Waals surface area (Å²) in [4.78, 5) is 0. The summed E-state index contributed by atoms with van der Waals surface area (Å²) in [6, 6.07) is 0. The average Bonchev–Trinajstić information content (AvgIpc) is 2.11. The van der Waals surface area contributed by atoms with Crippen LogP contribution < -0.4 is 0 Å². The molecule has 0 bridgehead atoms. The van der Waals surface area contributed by atoms with Crippen LogP contribution in [0.15, 0.2) is 11.6 Å². The minimum atomic E-state index is -1.71. The predicted octanol–water partition coefficient (Wildman–Crippen LogP) is 3.34. The summed E-state index contributed by atoms with van der Waals surface area (Å²) in [5, 5.41) is 9.98. The minimum Gasteiger partial charge on any atom is -0.414 e. The highest BCUT2D eigenvalue weighted by Gasteiger charge is 2.37. The van der Waals surface area contributed by atoms with E-state index in [9.17, 15) is 5.11 Å². The summed E-state index contributed by atoms with van der Waals surface area (Å²) in [5.74, 6) is 0. The molecule has 15 heavy (non-hydrogen) atoms. The number of hydrogen-bond acceptors (Lipinski definition) is 2. The molecular formula is C12H26O2Si. The molecule has 0 aromatic heterocycles. The van der Waals surface area contributed by atoms with Gasteiger partial charge >= 0.3 is 0 Å². The van der Waals surface area contributed by atoms with Crippen molar-refractivity contribution in [2.24, 2.45) is 0 Å². The quantitative estimate of drug-likeness (QED) is 0.593. The van der Waals surface area contributed by atoms with E-state index < -0.39 is 14.4 Å². The molecule has 2 nitrogen and oxygen atoms in total. The van der Waals surface area contributed by atoms with E-state index in [4.69, 9.17) is 4.43 Å². The lowest BCUT2D eigenvalue weighted by molar-refractivity contribution is 0.126. The number of hydrogen-bond donors (Lipinski definition) is 1. The highest BCUT2D eigenvalue weighted by atomic mass is 28.4. The maximum Gasteiger partial charge on any atom is 0.192 e. The van der Waals surface area contributed by atoms with Gasteiger partial charge in [0.25, 0.3) is 0 Å². The van der Waals surface area contributed by atoms with Crippen molar-refractivity contribution in [1.82, 2.24) is 0 Å². The Bertz CT molecular complexity index is 226. The van der Waals surface area contributed by atoms with Gasteiger partial charge in [-0.1, -0.05) is 26.8 Å². The lowest BCUT2D eigenvalue weighted by atomic mass is 10.2. The number of aliphatic hydroxyl groups is 1. The van der Waals surface area contributed by atoms with Crippen molar-refractivity contribution in [3.8, 4) is 0 Å². The van der Waals surface area contributed by atoms with Gasteiger partial charge in [-0.2, -0.15) is 0 Å². The first-order valence-electron chi connectivity index (χ1n) is 5.56. The van der Waals surface area contributed by atoms with Gasteiger partial charge in [0.15, 0.2) is 8.32 Å². The van der Waals surface area contributed by atoms with E-state index in [1.807, 2.05) is 19.9 Å². The lowest BCUT2D eigenvalue weighted by Crippen LogP contribution is -2.42. The van der Waals surface area contributed by atoms with Crippen molar-refractivity contribution in [2.75, 3.05) is 6.61 Å². The van der Waals surface area contributed by atoms with Crippen LogP contribution in [0, 0.1) is 0 Å². The number of rotatable bonds is 4. The molecule has 0 saturated carbocycles. The molecular weight excluding hydrogens is 204 g/mol. The zero-order valence-electron chi connectivity index (χ0n) is 11.2. The average molecular weight is 230 g/mol. The van der Waals surface area contributed by atoms with E-state index >= 15 is 0 Å². The molecule has 0 aromatic carbocycles. The standard InChI is InChI=1S/C12H26O2Si/c1-8-10(2)11(13)9-14-15(6,7)12(3,4)5/h8,11,13H,9H2,1-7H3/b10-8+. The van der Waals surface area contributed by atoms with E-state index in [2.05, 4.69) is 33.9 Å². The highest BCUT2D eigenvalue weighted by molar-refractivity contribution is 6.74. The number of aliphatic hydroxyl groups excluding tert-OH is 1. The fraction of sp³-hybridized carbons (Fsp3) is 0.833. The van der Waals surface area contributed by atoms with E-state index in [0.717, 1.165) is 5.57 Å². The van der Waals surface area contributed by atoms with Crippen LogP contribution in [-0.2, 0) is 4.43 Å². The van der Waals surface area contributed by atoms with Crippen molar-refractivity contribution in [1.29, 1.82) is 0 Å². The molecule has 0 fully saturated rings. The first-order chi connectivity index (χ1) is 6.62. The first-order valence-corrected chi connectivity index (χ1v) is 8.47. The number of allylic oxidation sites excluding steroid dienone is 1. The molecule has 0 radical (unpaired) electrons. The van der Waals surface area contributed by atoms with Crippen LogP contribution in [0.4, 0.5) is 0 Å². The minimum absolute atomic E-state index is 0.205. The van der Waals surface area contributed by atoms with Gasteiger partial charge in [0.1, 0.15) is 0 Å². The third kappa shape index (κ3) is 4.49. The maximum absolute atomic E-state index is 9.78. The Morgan fingerprint density at radius 2 is 1.87 bits per heavy atom. The molecule has 1 N–H and O–H groups in total. The summed E-state index contributed by atoms with van der Waals surface area (Å²) < 4.78 is 5.93. The molecule has 1 unspecified atom stereocenters. The van der Waals surface area contributed by atoms with Crippen LogP contribution in [-0.4, -0.2) is 26.1 Å². The Labute approximate surface area is 95.5 Å². The van der Waals surface area contributed by atoms with Gasteiger partial charge in [-0.25, -0.2) is 0 Å². The van der Waals surface area contributed by atoms with E-state index in [1.165, 1.54) is 0 Å². The summed E-state index contributed by atoms with van der Waals surface area (Å²) >= 11 is 0. The second-order valence-electron chi connectivity index (χ2n) is 5.62. The summed E-state index contributed by atoms with van der Waals surface area (Å²) in [6.45, 7) is 15.3. The molecule has 0 spiro atoms. The van der Waals surface area contributed by atoms with Crippen LogP contribution in [0.1, 0.15) is 34.6 Å². The first kappa shape index (κ1) is 14.9. The van der Waals surface area contributed by atoms with Crippen LogP contribution in [0.2, 0.25) is 18.1 Å². The maximum atomic E-state index is 9.78. The van der Waals surface area contributed by atoms with Gasteiger partial charge < -0.3 is 9.53 Å². The zero-order chi connectivity index (χ0) is 12.3. The SMILES string of the molecule is C/C=C(\C)C(O)CO[Si](C)(C)C(C)(C)C. The zero-order valence-corrected chi connectivity index (χ0v) is 12.2. The molecule has 0 aromatic rings.